The van der Waals surface area contributed by atoms with Gasteiger partial charge >= 0.3 is 0 Å². The van der Waals surface area contributed by atoms with E-state index < -0.39 is 0 Å². The van der Waals surface area contributed by atoms with E-state index in [4.69, 9.17) is 4.74 Å². The first-order chi connectivity index (χ1) is 8.33. The summed E-state index contributed by atoms with van der Waals surface area (Å²) in [4.78, 5) is 14.6. The lowest BCUT2D eigenvalue weighted by Gasteiger charge is -2.36. The maximum atomic E-state index is 12.5. The van der Waals surface area contributed by atoms with Crippen LogP contribution in [0.4, 0.5) is 0 Å². The molecule has 1 atom stereocenters. The molecule has 0 aromatic heterocycles. The lowest BCUT2D eigenvalue weighted by molar-refractivity contribution is -0.140. The molecular formula is C13H24N2O2. The summed E-state index contributed by atoms with van der Waals surface area (Å²) in [6.45, 7) is 6.45. The fourth-order valence-corrected chi connectivity index (χ4v) is 2.89. The van der Waals surface area contributed by atoms with Crippen molar-refractivity contribution in [3.05, 3.63) is 0 Å². The van der Waals surface area contributed by atoms with E-state index in [1.807, 2.05) is 0 Å². The predicted octanol–water partition coefficient (Wildman–Crippen LogP) is 1.01. The third-order valence-corrected chi connectivity index (χ3v) is 3.90. The van der Waals surface area contributed by atoms with Crippen LogP contribution < -0.4 is 5.32 Å². The van der Waals surface area contributed by atoms with Crippen LogP contribution in [-0.4, -0.2) is 49.7 Å². The van der Waals surface area contributed by atoms with Crippen LogP contribution in [0.1, 0.15) is 32.6 Å². The van der Waals surface area contributed by atoms with Gasteiger partial charge in [0.15, 0.2) is 0 Å². The van der Waals surface area contributed by atoms with E-state index >= 15 is 0 Å². The van der Waals surface area contributed by atoms with Crippen LogP contribution in [0.25, 0.3) is 0 Å². The van der Waals surface area contributed by atoms with Crippen LogP contribution in [0.5, 0.6) is 0 Å². The standard InChI is InChI=1S/C13H24N2O2/c1-2-15(12-5-8-17-9-6-12)13(16)11-4-3-7-14-10-11/h11-12,14H,2-10H2,1H3/t11-/m0/s1. The van der Waals surface area contributed by atoms with Gasteiger partial charge in [-0.15, -0.1) is 0 Å². The average molecular weight is 240 g/mol. The molecule has 0 aliphatic carbocycles. The van der Waals surface area contributed by atoms with Crippen molar-refractivity contribution in [2.45, 2.75) is 38.6 Å². The molecule has 0 saturated carbocycles. The zero-order valence-corrected chi connectivity index (χ0v) is 10.8. The molecule has 0 radical (unpaired) electrons. The number of rotatable bonds is 3. The maximum absolute atomic E-state index is 12.5. The van der Waals surface area contributed by atoms with Crippen molar-refractivity contribution in [2.24, 2.45) is 5.92 Å². The molecule has 0 spiro atoms. The first-order valence-corrected chi connectivity index (χ1v) is 6.92. The van der Waals surface area contributed by atoms with Gasteiger partial charge in [0.1, 0.15) is 0 Å². The van der Waals surface area contributed by atoms with Gasteiger partial charge in [-0.1, -0.05) is 0 Å². The highest BCUT2D eigenvalue weighted by Gasteiger charge is 2.30. The predicted molar refractivity (Wildman–Crippen MR) is 66.8 cm³/mol. The number of carbonyl (C=O) groups is 1. The summed E-state index contributed by atoms with van der Waals surface area (Å²) in [6, 6.07) is 0.406. The highest BCUT2D eigenvalue weighted by atomic mass is 16.5. The average Bonchev–Trinajstić information content (AvgIpc) is 2.42. The Morgan fingerprint density at radius 2 is 2.12 bits per heavy atom. The first-order valence-electron chi connectivity index (χ1n) is 6.92. The van der Waals surface area contributed by atoms with Gasteiger partial charge in [-0.3, -0.25) is 4.79 Å². The Hall–Kier alpha value is -0.610. The van der Waals surface area contributed by atoms with Gasteiger partial charge in [0, 0.05) is 32.3 Å². The number of nitrogens with one attached hydrogen (secondary N) is 1. The second-order valence-electron chi connectivity index (χ2n) is 5.01. The highest BCUT2D eigenvalue weighted by Crippen LogP contribution is 2.20. The fraction of sp³-hybridized carbons (Fsp3) is 0.923. The van der Waals surface area contributed by atoms with E-state index in [2.05, 4.69) is 17.1 Å². The van der Waals surface area contributed by atoms with E-state index in [0.717, 1.165) is 58.5 Å². The number of piperidine rings is 1. The van der Waals surface area contributed by atoms with E-state index in [1.54, 1.807) is 0 Å². The molecule has 4 heteroatoms. The van der Waals surface area contributed by atoms with Gasteiger partial charge in [-0.05, 0) is 39.2 Å². The Bertz CT molecular complexity index is 246. The number of nitrogens with zero attached hydrogens (tertiary/aromatic N) is 1. The number of carbonyl (C=O) groups excluding carboxylic acids is 1. The van der Waals surface area contributed by atoms with Crippen LogP contribution >= 0.6 is 0 Å². The van der Waals surface area contributed by atoms with Crippen molar-refractivity contribution in [1.29, 1.82) is 0 Å². The summed E-state index contributed by atoms with van der Waals surface area (Å²) in [5.41, 5.74) is 0. The fourth-order valence-electron chi connectivity index (χ4n) is 2.89. The minimum atomic E-state index is 0.201. The van der Waals surface area contributed by atoms with Gasteiger partial charge in [-0.25, -0.2) is 0 Å². The molecule has 98 valence electrons. The normalized spacial score (nSPS) is 26.8. The van der Waals surface area contributed by atoms with Crippen molar-refractivity contribution < 1.29 is 9.53 Å². The molecule has 2 saturated heterocycles. The molecule has 2 aliphatic heterocycles. The third kappa shape index (κ3) is 3.19. The summed E-state index contributed by atoms with van der Waals surface area (Å²) in [5.74, 6) is 0.554. The summed E-state index contributed by atoms with van der Waals surface area (Å²) >= 11 is 0. The van der Waals surface area contributed by atoms with Crippen LogP contribution in [0.3, 0.4) is 0 Å². The Labute approximate surface area is 104 Å². The van der Waals surface area contributed by atoms with Crippen molar-refractivity contribution in [3.8, 4) is 0 Å². The molecule has 0 unspecified atom stereocenters. The minimum Gasteiger partial charge on any atom is -0.381 e. The quantitative estimate of drug-likeness (QED) is 0.800. The molecule has 17 heavy (non-hydrogen) atoms. The van der Waals surface area contributed by atoms with Gasteiger partial charge < -0.3 is 15.0 Å². The summed E-state index contributed by atoms with van der Waals surface area (Å²) in [5, 5.41) is 3.33. The summed E-state index contributed by atoms with van der Waals surface area (Å²) in [6.07, 6.45) is 4.17. The van der Waals surface area contributed by atoms with Crippen molar-refractivity contribution in [2.75, 3.05) is 32.8 Å². The lowest BCUT2D eigenvalue weighted by atomic mass is 9.96. The van der Waals surface area contributed by atoms with E-state index in [9.17, 15) is 4.79 Å². The lowest BCUT2D eigenvalue weighted by Crippen LogP contribution is -2.49. The number of hydrogen-bond acceptors (Lipinski definition) is 3. The second-order valence-corrected chi connectivity index (χ2v) is 5.01. The summed E-state index contributed by atoms with van der Waals surface area (Å²) < 4.78 is 5.37. The van der Waals surface area contributed by atoms with E-state index in [1.165, 1.54) is 0 Å². The van der Waals surface area contributed by atoms with Crippen molar-refractivity contribution >= 4 is 5.91 Å². The largest absolute Gasteiger partial charge is 0.381 e. The third-order valence-electron chi connectivity index (χ3n) is 3.90. The van der Waals surface area contributed by atoms with Crippen LogP contribution in [0.15, 0.2) is 0 Å². The minimum absolute atomic E-state index is 0.201. The molecule has 2 aliphatic rings. The molecule has 0 aromatic rings. The van der Waals surface area contributed by atoms with Crippen LogP contribution in [-0.2, 0) is 9.53 Å². The van der Waals surface area contributed by atoms with Gasteiger partial charge in [0.2, 0.25) is 5.91 Å². The van der Waals surface area contributed by atoms with Crippen LogP contribution in [0, 0.1) is 5.92 Å². The van der Waals surface area contributed by atoms with Crippen molar-refractivity contribution in [1.82, 2.24) is 10.2 Å². The number of hydrogen-bond donors (Lipinski definition) is 1. The molecule has 4 nitrogen and oxygen atoms in total. The molecule has 2 heterocycles. The van der Waals surface area contributed by atoms with Crippen LogP contribution in [0.2, 0.25) is 0 Å². The number of ether oxygens (including phenoxy) is 1. The molecule has 2 rings (SSSR count). The monoisotopic (exact) mass is 240 g/mol. The maximum Gasteiger partial charge on any atom is 0.227 e. The van der Waals surface area contributed by atoms with E-state index in [0.29, 0.717) is 11.9 Å². The zero-order chi connectivity index (χ0) is 12.1. The topological polar surface area (TPSA) is 41.6 Å². The smallest absolute Gasteiger partial charge is 0.227 e. The number of amides is 1. The molecule has 1 amide bonds. The molecule has 1 N–H and O–H groups in total. The van der Waals surface area contributed by atoms with Gasteiger partial charge in [0.05, 0.1) is 5.92 Å². The van der Waals surface area contributed by atoms with Gasteiger partial charge in [-0.2, -0.15) is 0 Å². The first kappa shape index (κ1) is 12.8. The molecule has 2 fully saturated rings. The SMILES string of the molecule is CCN(C(=O)[C@H]1CCCNC1)C1CCOCC1. The Balaban J connectivity index is 1.93. The Morgan fingerprint density at radius 3 is 2.71 bits per heavy atom. The van der Waals surface area contributed by atoms with Crippen molar-refractivity contribution in [3.63, 3.8) is 0 Å². The molecular weight excluding hydrogens is 216 g/mol. The van der Waals surface area contributed by atoms with E-state index in [-0.39, 0.29) is 5.92 Å². The molecule has 0 aromatic carbocycles. The summed E-state index contributed by atoms with van der Waals surface area (Å²) in [7, 11) is 0. The molecule has 0 bridgehead atoms. The Kier molecular flexibility index (Phi) is 4.80. The zero-order valence-electron chi connectivity index (χ0n) is 10.8. The second kappa shape index (κ2) is 6.36. The Morgan fingerprint density at radius 1 is 1.35 bits per heavy atom. The highest BCUT2D eigenvalue weighted by molar-refractivity contribution is 5.79. The van der Waals surface area contributed by atoms with Gasteiger partial charge in [0.25, 0.3) is 0 Å².